The third kappa shape index (κ3) is 2.44. The predicted molar refractivity (Wildman–Crippen MR) is 50.1 cm³/mol. The van der Waals surface area contributed by atoms with Gasteiger partial charge in [-0.05, 0) is 23.8 Å². The molecule has 1 N–H and O–H groups in total. The predicted octanol–water partition coefficient (Wildman–Crippen LogP) is 3.11. The second-order valence-electron chi connectivity index (χ2n) is 2.37. The first-order valence-electron chi connectivity index (χ1n) is 3.33. The van der Waals surface area contributed by atoms with Crippen molar-refractivity contribution in [1.29, 1.82) is 0 Å². The van der Waals surface area contributed by atoms with E-state index in [1.165, 1.54) is 6.07 Å². The third-order valence-electron chi connectivity index (χ3n) is 1.42. The summed E-state index contributed by atoms with van der Waals surface area (Å²) >= 11 is 8.88. The van der Waals surface area contributed by atoms with Crippen LogP contribution in [0.3, 0.4) is 0 Å². The SMILES string of the molecule is OC(CF)c1cc(Cl)cc(Br)c1. The van der Waals surface area contributed by atoms with E-state index in [2.05, 4.69) is 15.9 Å². The molecule has 12 heavy (non-hydrogen) atoms. The minimum absolute atomic E-state index is 0.479. The molecule has 0 aliphatic heterocycles. The minimum atomic E-state index is -1.08. The molecule has 0 aliphatic carbocycles. The normalized spacial score (nSPS) is 13.0. The Kier molecular flexibility index (Phi) is 3.50. The monoisotopic (exact) mass is 252 g/mol. The molecule has 0 fully saturated rings. The molecule has 1 aromatic rings. The average molecular weight is 253 g/mol. The van der Waals surface area contributed by atoms with Crippen LogP contribution in [0, 0.1) is 0 Å². The van der Waals surface area contributed by atoms with Gasteiger partial charge in [-0.3, -0.25) is 0 Å². The third-order valence-corrected chi connectivity index (χ3v) is 2.09. The summed E-state index contributed by atoms with van der Waals surface area (Å²) in [6, 6.07) is 4.85. The molecular weight excluding hydrogens is 246 g/mol. The van der Waals surface area contributed by atoms with Crippen LogP contribution in [0.2, 0.25) is 5.02 Å². The maximum atomic E-state index is 12.0. The van der Waals surface area contributed by atoms with Gasteiger partial charge >= 0.3 is 0 Å². The van der Waals surface area contributed by atoms with Gasteiger partial charge in [0.05, 0.1) is 0 Å². The molecule has 0 aromatic heterocycles. The molecule has 0 aliphatic rings. The highest BCUT2D eigenvalue weighted by Gasteiger charge is 2.07. The molecule has 0 saturated heterocycles. The van der Waals surface area contributed by atoms with E-state index in [9.17, 15) is 4.39 Å². The fraction of sp³-hybridized carbons (Fsp3) is 0.250. The van der Waals surface area contributed by atoms with Crippen molar-refractivity contribution in [1.82, 2.24) is 0 Å². The van der Waals surface area contributed by atoms with E-state index in [0.717, 1.165) is 4.47 Å². The van der Waals surface area contributed by atoms with Crippen molar-refractivity contribution in [2.45, 2.75) is 6.10 Å². The van der Waals surface area contributed by atoms with Gasteiger partial charge in [0, 0.05) is 9.50 Å². The topological polar surface area (TPSA) is 20.2 Å². The first-order valence-corrected chi connectivity index (χ1v) is 4.50. The van der Waals surface area contributed by atoms with Gasteiger partial charge in [-0.25, -0.2) is 4.39 Å². The lowest BCUT2D eigenvalue weighted by Crippen LogP contribution is -1.98. The van der Waals surface area contributed by atoms with Crippen LogP contribution in [0.25, 0.3) is 0 Å². The van der Waals surface area contributed by atoms with E-state index in [0.29, 0.717) is 10.6 Å². The number of halogens is 3. The molecular formula is C8H7BrClFO. The molecule has 0 radical (unpaired) electrons. The van der Waals surface area contributed by atoms with Crippen LogP contribution in [0.15, 0.2) is 22.7 Å². The van der Waals surface area contributed by atoms with Crippen molar-refractivity contribution in [2.24, 2.45) is 0 Å². The summed E-state index contributed by atoms with van der Waals surface area (Å²) < 4.78 is 12.8. The van der Waals surface area contributed by atoms with E-state index in [1.807, 2.05) is 0 Å². The zero-order valence-electron chi connectivity index (χ0n) is 6.10. The highest BCUT2D eigenvalue weighted by atomic mass is 79.9. The molecule has 0 amide bonds. The molecule has 0 saturated carbocycles. The molecule has 1 rings (SSSR count). The van der Waals surface area contributed by atoms with Gasteiger partial charge < -0.3 is 5.11 Å². The van der Waals surface area contributed by atoms with Gasteiger partial charge in [-0.15, -0.1) is 0 Å². The van der Waals surface area contributed by atoms with Gasteiger partial charge in [-0.2, -0.15) is 0 Å². The van der Waals surface area contributed by atoms with E-state index >= 15 is 0 Å². The lowest BCUT2D eigenvalue weighted by atomic mass is 10.1. The number of alkyl halides is 1. The fourth-order valence-electron chi connectivity index (χ4n) is 0.857. The summed E-state index contributed by atoms with van der Waals surface area (Å²) in [6.45, 7) is -0.799. The van der Waals surface area contributed by atoms with Crippen LogP contribution in [-0.4, -0.2) is 11.8 Å². The molecule has 1 aromatic carbocycles. The van der Waals surface area contributed by atoms with E-state index < -0.39 is 12.8 Å². The number of hydrogen-bond acceptors (Lipinski definition) is 1. The first kappa shape index (κ1) is 9.96. The molecule has 1 nitrogen and oxygen atoms in total. The zero-order valence-corrected chi connectivity index (χ0v) is 8.44. The Hall–Kier alpha value is -0.120. The van der Waals surface area contributed by atoms with Crippen molar-refractivity contribution < 1.29 is 9.50 Å². The molecule has 0 heterocycles. The van der Waals surface area contributed by atoms with Crippen LogP contribution < -0.4 is 0 Å². The van der Waals surface area contributed by atoms with Crippen molar-refractivity contribution in [3.63, 3.8) is 0 Å². The summed E-state index contributed by atoms with van der Waals surface area (Å²) in [5, 5.41) is 9.60. The summed E-state index contributed by atoms with van der Waals surface area (Å²) in [4.78, 5) is 0. The Bertz CT molecular complexity index is 260. The van der Waals surface area contributed by atoms with Crippen LogP contribution in [0.5, 0.6) is 0 Å². The van der Waals surface area contributed by atoms with E-state index in [1.54, 1.807) is 12.1 Å². The second kappa shape index (κ2) is 4.21. The van der Waals surface area contributed by atoms with E-state index in [-0.39, 0.29) is 0 Å². The molecule has 1 unspecified atom stereocenters. The lowest BCUT2D eigenvalue weighted by Gasteiger charge is -2.06. The first-order chi connectivity index (χ1) is 5.63. The van der Waals surface area contributed by atoms with Crippen LogP contribution in [0.1, 0.15) is 11.7 Å². The number of aliphatic hydroxyl groups is 1. The molecule has 66 valence electrons. The molecule has 0 spiro atoms. The van der Waals surface area contributed by atoms with Gasteiger partial charge in [0.1, 0.15) is 12.8 Å². The van der Waals surface area contributed by atoms with Crippen LogP contribution in [-0.2, 0) is 0 Å². The highest BCUT2D eigenvalue weighted by molar-refractivity contribution is 9.10. The molecule has 4 heteroatoms. The van der Waals surface area contributed by atoms with Gasteiger partial charge in [0.2, 0.25) is 0 Å². The van der Waals surface area contributed by atoms with Gasteiger partial charge in [0.25, 0.3) is 0 Å². The second-order valence-corrected chi connectivity index (χ2v) is 3.72. The maximum absolute atomic E-state index is 12.0. The standard InChI is InChI=1S/C8H7BrClFO/c9-6-1-5(8(12)4-11)2-7(10)3-6/h1-3,8,12H,4H2. The Morgan fingerprint density at radius 3 is 2.67 bits per heavy atom. The average Bonchev–Trinajstić information content (AvgIpc) is 2.01. The van der Waals surface area contributed by atoms with Crippen LogP contribution >= 0.6 is 27.5 Å². The lowest BCUT2D eigenvalue weighted by molar-refractivity contribution is 0.141. The van der Waals surface area contributed by atoms with Crippen molar-refractivity contribution in [3.8, 4) is 0 Å². The van der Waals surface area contributed by atoms with E-state index in [4.69, 9.17) is 16.7 Å². The maximum Gasteiger partial charge on any atom is 0.119 e. The van der Waals surface area contributed by atoms with Gasteiger partial charge in [-0.1, -0.05) is 27.5 Å². The Morgan fingerprint density at radius 1 is 1.50 bits per heavy atom. The zero-order chi connectivity index (χ0) is 9.14. The highest BCUT2D eigenvalue weighted by Crippen LogP contribution is 2.23. The Morgan fingerprint density at radius 2 is 2.17 bits per heavy atom. The van der Waals surface area contributed by atoms with Crippen molar-refractivity contribution in [3.05, 3.63) is 33.3 Å². The summed E-state index contributed by atoms with van der Waals surface area (Å²) in [7, 11) is 0. The van der Waals surface area contributed by atoms with Crippen molar-refractivity contribution in [2.75, 3.05) is 6.67 Å². The number of hydrogen-bond donors (Lipinski definition) is 1. The Labute approximate surface area is 83.3 Å². The number of rotatable bonds is 2. The number of aliphatic hydroxyl groups excluding tert-OH is 1. The molecule has 0 bridgehead atoms. The Balaban J connectivity index is 3.00. The van der Waals surface area contributed by atoms with Crippen LogP contribution in [0.4, 0.5) is 4.39 Å². The summed E-state index contributed by atoms with van der Waals surface area (Å²) in [6.07, 6.45) is -1.08. The molecule has 1 atom stereocenters. The largest absolute Gasteiger partial charge is 0.386 e. The number of benzene rings is 1. The van der Waals surface area contributed by atoms with Crippen molar-refractivity contribution >= 4 is 27.5 Å². The fourth-order valence-corrected chi connectivity index (χ4v) is 1.74. The summed E-state index contributed by atoms with van der Waals surface area (Å²) in [5.41, 5.74) is 0.483. The minimum Gasteiger partial charge on any atom is -0.386 e. The van der Waals surface area contributed by atoms with Gasteiger partial charge in [0.15, 0.2) is 0 Å². The summed E-state index contributed by atoms with van der Waals surface area (Å²) in [5.74, 6) is 0. The quantitative estimate of drug-likeness (QED) is 0.859. The smallest absolute Gasteiger partial charge is 0.119 e.